The number of furan rings is 1. The van der Waals surface area contributed by atoms with E-state index in [4.69, 9.17) is 26.0 Å². The second-order valence-corrected chi connectivity index (χ2v) is 11.8. The van der Waals surface area contributed by atoms with Crippen LogP contribution < -0.4 is 4.72 Å². The van der Waals surface area contributed by atoms with Gasteiger partial charge in [0, 0.05) is 34.4 Å². The van der Waals surface area contributed by atoms with Gasteiger partial charge in [0.25, 0.3) is 0 Å². The van der Waals surface area contributed by atoms with Crippen LogP contribution in [-0.2, 0) is 23.0 Å². The Kier molecular flexibility index (Phi) is 7.51. The van der Waals surface area contributed by atoms with Crippen molar-refractivity contribution in [1.82, 2.24) is 14.5 Å². The number of benzene rings is 2. The van der Waals surface area contributed by atoms with E-state index in [0.717, 1.165) is 28.2 Å². The zero-order valence-electron chi connectivity index (χ0n) is 22.3. The van der Waals surface area contributed by atoms with Crippen LogP contribution in [0, 0.1) is 6.92 Å². The number of rotatable bonds is 8. The Morgan fingerprint density at radius 1 is 1.12 bits per heavy atom. The molecular formula is C28H26ClF3N4O4S. The number of halogens is 4. The lowest BCUT2D eigenvalue weighted by atomic mass is 10.0. The molecule has 0 aliphatic heterocycles. The average molecular weight is 607 g/mol. The monoisotopic (exact) mass is 606 g/mol. The molecule has 216 valence electrons. The first-order valence-electron chi connectivity index (χ1n) is 12.7. The largest absolute Gasteiger partial charge is 0.516 e. The predicted octanol–water partition coefficient (Wildman–Crippen LogP) is 6.77. The summed E-state index contributed by atoms with van der Waals surface area (Å²) in [6, 6.07) is 12.9. The van der Waals surface area contributed by atoms with Crippen molar-refractivity contribution in [2.24, 2.45) is 0 Å². The van der Waals surface area contributed by atoms with Crippen molar-refractivity contribution in [3.63, 3.8) is 0 Å². The fraction of sp³-hybridized carbons (Fsp3) is 0.286. The lowest BCUT2D eigenvalue weighted by Crippen LogP contribution is -2.30. The van der Waals surface area contributed by atoms with Gasteiger partial charge in [0.15, 0.2) is 5.65 Å². The third kappa shape index (κ3) is 5.27. The maximum Gasteiger partial charge on any atom is 0.516 e. The van der Waals surface area contributed by atoms with E-state index in [1.54, 1.807) is 16.9 Å². The summed E-state index contributed by atoms with van der Waals surface area (Å²) in [5.74, 6) is 0.808. The number of aliphatic hydroxyl groups is 1. The number of sulfonamides is 1. The summed E-state index contributed by atoms with van der Waals surface area (Å²) in [7, 11) is -5.65. The standard InChI is InChI=1S/C28H26ClF3N4O4S/c1-4-23-34-24-15(2)11-22(16(3)14-37)33-27(24)36(23)13-17-9-10-18-20(12-17)26(29)40-25(18)19-7-5-6-8-21(19)35-41(38,39)28(30,31)32/h5-12,16,35,37H,4,13-14H2,1-3H3. The topological polar surface area (TPSA) is 110 Å². The van der Waals surface area contributed by atoms with Crippen LogP contribution in [0.5, 0.6) is 0 Å². The fourth-order valence-corrected chi connectivity index (χ4v) is 5.52. The second-order valence-electron chi connectivity index (χ2n) is 9.77. The Morgan fingerprint density at radius 3 is 2.54 bits per heavy atom. The summed E-state index contributed by atoms with van der Waals surface area (Å²) in [6.45, 7) is 6.22. The highest BCUT2D eigenvalue weighted by Gasteiger charge is 2.46. The molecule has 3 heterocycles. The SMILES string of the molecule is CCc1nc2c(C)cc(C(C)CO)nc2n1Cc1ccc2c(-c3ccccc3NS(=O)(=O)C(F)(F)F)oc(Cl)c2c1. The van der Waals surface area contributed by atoms with Gasteiger partial charge >= 0.3 is 15.5 Å². The predicted molar refractivity (Wildman–Crippen MR) is 152 cm³/mol. The number of aryl methyl sites for hydroxylation is 2. The summed E-state index contributed by atoms with van der Waals surface area (Å²) in [5, 5.41) is 10.7. The molecule has 0 aliphatic carbocycles. The summed E-state index contributed by atoms with van der Waals surface area (Å²) < 4.78 is 72.1. The van der Waals surface area contributed by atoms with Gasteiger partial charge in [-0.05, 0) is 53.9 Å². The molecule has 1 unspecified atom stereocenters. The summed E-state index contributed by atoms with van der Waals surface area (Å²) >= 11 is 6.45. The maximum atomic E-state index is 13.0. The number of para-hydroxylation sites is 1. The molecule has 2 N–H and O–H groups in total. The minimum Gasteiger partial charge on any atom is -0.443 e. The second kappa shape index (κ2) is 10.7. The number of pyridine rings is 1. The first kappa shape index (κ1) is 28.9. The molecule has 0 bridgehead atoms. The molecule has 3 aromatic heterocycles. The van der Waals surface area contributed by atoms with E-state index in [1.807, 2.05) is 43.5 Å². The molecule has 2 aromatic carbocycles. The van der Waals surface area contributed by atoms with Gasteiger partial charge in [-0.25, -0.2) is 9.97 Å². The molecule has 0 fully saturated rings. The molecule has 0 saturated carbocycles. The number of imidazole rings is 1. The normalized spacial score (nSPS) is 13.3. The number of hydrogen-bond donors (Lipinski definition) is 2. The minimum absolute atomic E-state index is 0.00422. The number of fused-ring (bicyclic) bond motifs is 2. The highest BCUT2D eigenvalue weighted by atomic mass is 35.5. The number of alkyl halides is 3. The van der Waals surface area contributed by atoms with Gasteiger partial charge in [0.2, 0.25) is 5.22 Å². The van der Waals surface area contributed by atoms with Crippen LogP contribution in [-0.4, -0.2) is 40.2 Å². The van der Waals surface area contributed by atoms with Crippen LogP contribution in [0.15, 0.2) is 52.9 Å². The number of aromatic nitrogens is 3. The van der Waals surface area contributed by atoms with E-state index in [0.29, 0.717) is 29.4 Å². The molecule has 0 amide bonds. The fourth-order valence-electron chi connectivity index (χ4n) is 4.70. The molecule has 5 rings (SSSR count). The molecular weight excluding hydrogens is 581 g/mol. The van der Waals surface area contributed by atoms with E-state index >= 15 is 0 Å². The molecule has 41 heavy (non-hydrogen) atoms. The Hall–Kier alpha value is -3.61. The Labute approximate surface area is 238 Å². The molecule has 0 radical (unpaired) electrons. The molecule has 1 atom stereocenters. The number of nitrogens with zero attached hydrogens (tertiary/aromatic N) is 3. The van der Waals surface area contributed by atoms with Gasteiger partial charge < -0.3 is 14.1 Å². The smallest absolute Gasteiger partial charge is 0.443 e. The van der Waals surface area contributed by atoms with Crippen molar-refractivity contribution in [3.05, 3.63) is 76.4 Å². The lowest BCUT2D eigenvalue weighted by molar-refractivity contribution is -0.0429. The van der Waals surface area contributed by atoms with Gasteiger partial charge in [0.05, 0.1) is 18.8 Å². The van der Waals surface area contributed by atoms with Crippen molar-refractivity contribution >= 4 is 49.2 Å². The number of hydrogen-bond acceptors (Lipinski definition) is 6. The van der Waals surface area contributed by atoms with Crippen LogP contribution in [0.4, 0.5) is 18.9 Å². The van der Waals surface area contributed by atoms with Crippen LogP contribution in [0.3, 0.4) is 0 Å². The Bertz CT molecular complexity index is 1880. The van der Waals surface area contributed by atoms with Crippen molar-refractivity contribution in [2.75, 3.05) is 11.3 Å². The van der Waals surface area contributed by atoms with Crippen LogP contribution >= 0.6 is 11.6 Å². The molecule has 5 aromatic rings. The zero-order valence-corrected chi connectivity index (χ0v) is 23.8. The van der Waals surface area contributed by atoms with E-state index in [-0.39, 0.29) is 34.8 Å². The number of nitrogens with one attached hydrogen (secondary N) is 1. The first-order valence-corrected chi connectivity index (χ1v) is 14.6. The van der Waals surface area contributed by atoms with Crippen molar-refractivity contribution in [2.45, 2.75) is 45.2 Å². The summed E-state index contributed by atoms with van der Waals surface area (Å²) in [6.07, 6.45) is 0.657. The van der Waals surface area contributed by atoms with Gasteiger partial charge in [-0.1, -0.05) is 38.1 Å². The van der Waals surface area contributed by atoms with Crippen molar-refractivity contribution < 1.29 is 31.1 Å². The maximum absolute atomic E-state index is 13.0. The zero-order chi connectivity index (χ0) is 29.7. The van der Waals surface area contributed by atoms with E-state index in [1.165, 1.54) is 18.2 Å². The van der Waals surface area contributed by atoms with Crippen LogP contribution in [0.25, 0.3) is 33.3 Å². The molecule has 0 saturated heterocycles. The third-order valence-corrected chi connectivity index (χ3v) is 8.26. The Morgan fingerprint density at radius 2 is 1.85 bits per heavy atom. The molecule has 0 aliphatic rings. The number of aliphatic hydroxyl groups excluding tert-OH is 1. The van der Waals surface area contributed by atoms with Gasteiger partial charge in [-0.15, -0.1) is 0 Å². The minimum atomic E-state index is -5.65. The van der Waals surface area contributed by atoms with Gasteiger partial charge in [-0.3, -0.25) is 4.72 Å². The third-order valence-electron chi connectivity index (χ3n) is 6.88. The van der Waals surface area contributed by atoms with E-state index < -0.39 is 15.5 Å². The first-order chi connectivity index (χ1) is 19.3. The molecule has 8 nitrogen and oxygen atoms in total. The van der Waals surface area contributed by atoms with Gasteiger partial charge in [-0.2, -0.15) is 21.6 Å². The Balaban J connectivity index is 1.57. The summed E-state index contributed by atoms with van der Waals surface area (Å²) in [4.78, 5) is 9.60. The molecule has 13 heteroatoms. The highest BCUT2D eigenvalue weighted by molar-refractivity contribution is 7.93. The molecule has 0 spiro atoms. The van der Waals surface area contributed by atoms with Crippen molar-refractivity contribution in [1.29, 1.82) is 0 Å². The van der Waals surface area contributed by atoms with E-state index in [2.05, 4.69) is 0 Å². The highest BCUT2D eigenvalue weighted by Crippen LogP contribution is 2.41. The average Bonchev–Trinajstić information content (AvgIpc) is 3.45. The van der Waals surface area contributed by atoms with Crippen LogP contribution in [0.2, 0.25) is 5.22 Å². The quantitative estimate of drug-likeness (QED) is 0.202. The summed E-state index contributed by atoms with van der Waals surface area (Å²) in [5.41, 5.74) is -1.66. The van der Waals surface area contributed by atoms with E-state index in [9.17, 15) is 26.7 Å². The van der Waals surface area contributed by atoms with Crippen LogP contribution in [0.1, 0.15) is 42.4 Å². The number of anilines is 1. The van der Waals surface area contributed by atoms with Crippen molar-refractivity contribution in [3.8, 4) is 11.3 Å². The van der Waals surface area contributed by atoms with Gasteiger partial charge in [0.1, 0.15) is 17.1 Å². The lowest BCUT2D eigenvalue weighted by Gasteiger charge is -2.13.